The molecule has 0 saturated carbocycles. The van der Waals surface area contributed by atoms with Gasteiger partial charge in [-0.15, -0.1) is 0 Å². The smallest absolute Gasteiger partial charge is 0.176 e. The highest BCUT2D eigenvalue weighted by atomic mass is 15.2. The van der Waals surface area contributed by atoms with Crippen LogP contribution in [0.1, 0.15) is 49.9 Å². The van der Waals surface area contributed by atoms with Crippen molar-refractivity contribution >= 4 is 0 Å². The van der Waals surface area contributed by atoms with Gasteiger partial charge in [0.1, 0.15) is 0 Å². The topological polar surface area (TPSA) is 38.9 Å². The number of hydrogen-bond acceptors (Lipinski definition) is 3. The molecule has 0 radical (unpaired) electrons. The lowest BCUT2D eigenvalue weighted by Gasteiger charge is -2.44. The minimum absolute atomic E-state index is 0.826. The van der Waals surface area contributed by atoms with Gasteiger partial charge >= 0.3 is 0 Å². The molecule has 4 heterocycles. The molecular weight excluding hydrogens is 310 g/mol. The number of imidazole rings is 2. The van der Waals surface area contributed by atoms with Gasteiger partial charge in [0, 0.05) is 37.7 Å². The Labute approximate surface area is 151 Å². The van der Waals surface area contributed by atoms with Crippen molar-refractivity contribution in [2.24, 2.45) is 13.0 Å². The van der Waals surface area contributed by atoms with E-state index in [9.17, 15) is 0 Å². The Balaban J connectivity index is 1.49. The summed E-state index contributed by atoms with van der Waals surface area (Å²) in [5, 5.41) is 0. The number of rotatable bonds is 4. The molecule has 0 aliphatic carbocycles. The Hall–Kier alpha value is -1.62. The maximum absolute atomic E-state index is 4.74. The second-order valence-corrected chi connectivity index (χ2v) is 7.90. The lowest BCUT2D eigenvalue weighted by Crippen LogP contribution is -2.48. The van der Waals surface area contributed by atoms with Gasteiger partial charge in [0.2, 0.25) is 0 Å². The summed E-state index contributed by atoms with van der Waals surface area (Å²) in [6.07, 6.45) is 12.3. The van der Waals surface area contributed by atoms with Crippen molar-refractivity contribution in [3.8, 4) is 11.6 Å². The van der Waals surface area contributed by atoms with Crippen LogP contribution >= 0.6 is 0 Å². The molecule has 2 aliphatic heterocycles. The van der Waals surface area contributed by atoms with Gasteiger partial charge in [-0.3, -0.25) is 0 Å². The second-order valence-electron chi connectivity index (χ2n) is 7.90. The number of fused-ring (bicyclic) bond motifs is 1. The Morgan fingerprint density at radius 1 is 1.08 bits per heavy atom. The quantitative estimate of drug-likeness (QED) is 0.853. The van der Waals surface area contributed by atoms with E-state index in [0.717, 1.165) is 35.8 Å². The first kappa shape index (κ1) is 16.8. The number of aromatic nitrogens is 4. The molecule has 2 fully saturated rings. The minimum Gasteiger partial charge on any atom is -0.329 e. The lowest BCUT2D eigenvalue weighted by atomic mass is 9.81. The van der Waals surface area contributed by atoms with Crippen LogP contribution in [0.5, 0.6) is 0 Å². The summed E-state index contributed by atoms with van der Waals surface area (Å²) in [6.45, 7) is 7.90. The molecule has 25 heavy (non-hydrogen) atoms. The monoisotopic (exact) mass is 341 g/mol. The van der Waals surface area contributed by atoms with Crippen molar-refractivity contribution in [3.63, 3.8) is 0 Å². The molecule has 2 aromatic heterocycles. The summed E-state index contributed by atoms with van der Waals surface area (Å²) in [5.74, 6) is 2.84. The number of piperidine rings is 2. The number of nitrogens with zero attached hydrogens (tertiary/aromatic N) is 5. The van der Waals surface area contributed by atoms with Crippen molar-refractivity contribution < 1.29 is 0 Å². The van der Waals surface area contributed by atoms with Crippen LogP contribution in [0, 0.1) is 19.8 Å². The molecule has 5 nitrogen and oxygen atoms in total. The molecule has 0 unspecified atom stereocenters. The summed E-state index contributed by atoms with van der Waals surface area (Å²) in [4.78, 5) is 12.1. The first-order valence-electron chi connectivity index (χ1n) is 9.90. The third-order valence-electron chi connectivity index (χ3n) is 6.50. The van der Waals surface area contributed by atoms with Gasteiger partial charge in [-0.1, -0.05) is 6.42 Å². The van der Waals surface area contributed by atoms with E-state index in [1.807, 2.05) is 6.20 Å². The standard InChI is InChI=1S/C20H31N5/c1-15-16(2)23(3)20(22-15)19-21-10-14-25(19)13-9-17-7-6-12-24-11-5-4-8-18(17)24/h10,14,17-18H,4-9,11-13H2,1-3H3/t17-,18+/m0/s1. The van der Waals surface area contributed by atoms with E-state index in [1.165, 1.54) is 57.3 Å². The molecule has 2 atom stereocenters. The summed E-state index contributed by atoms with van der Waals surface area (Å²) in [6, 6.07) is 0.826. The van der Waals surface area contributed by atoms with Crippen LogP contribution in [0.25, 0.3) is 11.6 Å². The first-order valence-corrected chi connectivity index (χ1v) is 9.90. The fraction of sp³-hybridized carbons (Fsp3) is 0.700. The minimum atomic E-state index is 0.826. The van der Waals surface area contributed by atoms with Gasteiger partial charge < -0.3 is 14.0 Å². The van der Waals surface area contributed by atoms with Crippen LogP contribution in [0.2, 0.25) is 0 Å². The van der Waals surface area contributed by atoms with E-state index in [-0.39, 0.29) is 0 Å². The fourth-order valence-corrected chi connectivity index (χ4v) is 4.83. The highest BCUT2D eigenvalue weighted by Crippen LogP contribution is 2.33. The van der Waals surface area contributed by atoms with Gasteiger partial charge in [0.25, 0.3) is 0 Å². The Morgan fingerprint density at radius 2 is 1.92 bits per heavy atom. The van der Waals surface area contributed by atoms with Crippen LogP contribution in [-0.4, -0.2) is 43.1 Å². The van der Waals surface area contributed by atoms with Gasteiger partial charge in [-0.2, -0.15) is 0 Å². The average Bonchev–Trinajstić information content (AvgIpc) is 3.20. The highest BCUT2D eigenvalue weighted by Gasteiger charge is 2.32. The third kappa shape index (κ3) is 3.14. The third-order valence-corrected chi connectivity index (χ3v) is 6.50. The molecule has 0 N–H and O–H groups in total. The summed E-state index contributed by atoms with van der Waals surface area (Å²) in [5.41, 5.74) is 2.31. The SMILES string of the molecule is Cc1nc(-c2nccn2CC[C@@H]2CCCN3CCCC[C@H]23)n(C)c1C. The molecule has 4 rings (SSSR count). The molecule has 5 heteroatoms. The predicted octanol–water partition coefficient (Wildman–Crippen LogP) is 3.56. The van der Waals surface area contributed by atoms with Gasteiger partial charge in [0.15, 0.2) is 11.6 Å². The normalized spacial score (nSPS) is 24.4. The number of aryl methyl sites for hydroxylation is 2. The van der Waals surface area contributed by atoms with Crippen LogP contribution in [0.3, 0.4) is 0 Å². The Morgan fingerprint density at radius 3 is 2.72 bits per heavy atom. The van der Waals surface area contributed by atoms with E-state index in [4.69, 9.17) is 4.98 Å². The van der Waals surface area contributed by atoms with Crippen LogP contribution in [0.15, 0.2) is 12.4 Å². The second kappa shape index (κ2) is 6.94. The molecule has 0 spiro atoms. The molecule has 136 valence electrons. The Bertz CT molecular complexity index is 727. The van der Waals surface area contributed by atoms with Crippen molar-refractivity contribution in [2.75, 3.05) is 13.1 Å². The molecule has 2 aliphatic rings. The number of hydrogen-bond donors (Lipinski definition) is 0. The summed E-state index contributed by atoms with van der Waals surface area (Å²) < 4.78 is 4.47. The van der Waals surface area contributed by atoms with E-state index in [0.29, 0.717) is 0 Å². The lowest BCUT2D eigenvalue weighted by molar-refractivity contribution is 0.0539. The molecule has 0 aromatic carbocycles. The maximum atomic E-state index is 4.74. The van der Waals surface area contributed by atoms with Crippen LogP contribution in [0.4, 0.5) is 0 Å². The van der Waals surface area contributed by atoms with Crippen LogP contribution in [-0.2, 0) is 13.6 Å². The molecule has 2 saturated heterocycles. The van der Waals surface area contributed by atoms with Crippen molar-refractivity contribution in [1.29, 1.82) is 0 Å². The zero-order valence-electron chi connectivity index (χ0n) is 15.9. The summed E-state index contributed by atoms with van der Waals surface area (Å²) in [7, 11) is 2.09. The van der Waals surface area contributed by atoms with Crippen molar-refractivity contribution in [2.45, 2.75) is 65.0 Å². The zero-order valence-corrected chi connectivity index (χ0v) is 15.9. The van der Waals surface area contributed by atoms with E-state index < -0.39 is 0 Å². The summed E-state index contributed by atoms with van der Waals surface area (Å²) >= 11 is 0. The fourth-order valence-electron chi connectivity index (χ4n) is 4.83. The van der Waals surface area contributed by atoms with Gasteiger partial charge in [0.05, 0.1) is 5.69 Å². The molecule has 0 bridgehead atoms. The molecular formula is C20H31N5. The van der Waals surface area contributed by atoms with E-state index in [2.05, 4.69) is 46.1 Å². The van der Waals surface area contributed by atoms with Gasteiger partial charge in [-0.05, 0) is 65.0 Å². The average molecular weight is 342 g/mol. The zero-order chi connectivity index (χ0) is 17.4. The predicted molar refractivity (Wildman–Crippen MR) is 100 cm³/mol. The molecule has 0 amide bonds. The van der Waals surface area contributed by atoms with Crippen molar-refractivity contribution in [3.05, 3.63) is 23.8 Å². The maximum Gasteiger partial charge on any atom is 0.176 e. The highest BCUT2D eigenvalue weighted by molar-refractivity contribution is 5.47. The first-order chi connectivity index (χ1) is 12.1. The Kier molecular flexibility index (Phi) is 4.67. The van der Waals surface area contributed by atoms with Crippen LogP contribution < -0.4 is 0 Å². The largest absolute Gasteiger partial charge is 0.329 e. The van der Waals surface area contributed by atoms with E-state index >= 15 is 0 Å². The molecule has 2 aromatic rings. The van der Waals surface area contributed by atoms with Crippen molar-refractivity contribution in [1.82, 2.24) is 24.0 Å². The van der Waals surface area contributed by atoms with Gasteiger partial charge in [-0.25, -0.2) is 9.97 Å². The van der Waals surface area contributed by atoms with E-state index in [1.54, 1.807) is 0 Å².